The van der Waals surface area contributed by atoms with E-state index < -0.39 is 0 Å². The van der Waals surface area contributed by atoms with E-state index in [9.17, 15) is 14.4 Å². The Morgan fingerprint density at radius 1 is 0.719 bits per heavy atom. The molecule has 0 fully saturated rings. The number of anilines is 2. The van der Waals surface area contributed by atoms with Gasteiger partial charge in [-0.2, -0.15) is 0 Å². The summed E-state index contributed by atoms with van der Waals surface area (Å²) in [5, 5.41) is 6.28. The Morgan fingerprint density at radius 2 is 1.19 bits per heavy atom. The van der Waals surface area contributed by atoms with Gasteiger partial charge in [-0.15, -0.1) is 0 Å². The van der Waals surface area contributed by atoms with Crippen LogP contribution in [0.4, 0.5) is 11.4 Å². The first kappa shape index (κ1) is 23.3. The summed E-state index contributed by atoms with van der Waals surface area (Å²) in [7, 11) is 3.42. The standard InChI is InChI=1S/C24H21Cl2N3O3/c1-29(2)22(30)11-15-3-7-20(8-4-15)27-23(31)16-5-9-21(10-6-16)28-24(32)17-12-18(25)14-19(26)13-17/h3-10,12-14H,11H2,1-2H3,(H,27,31)(H,28,32). The number of nitrogens with one attached hydrogen (secondary N) is 2. The van der Waals surface area contributed by atoms with Gasteiger partial charge in [0.05, 0.1) is 6.42 Å². The van der Waals surface area contributed by atoms with Crippen molar-refractivity contribution in [3.05, 3.63) is 93.5 Å². The average Bonchev–Trinajstić information content (AvgIpc) is 2.74. The lowest BCUT2D eigenvalue weighted by Crippen LogP contribution is -2.23. The summed E-state index contributed by atoms with van der Waals surface area (Å²) in [5.41, 5.74) is 2.77. The van der Waals surface area contributed by atoms with Crippen LogP contribution in [-0.4, -0.2) is 36.7 Å². The number of benzene rings is 3. The maximum absolute atomic E-state index is 12.5. The van der Waals surface area contributed by atoms with Crippen molar-refractivity contribution in [1.82, 2.24) is 4.90 Å². The van der Waals surface area contributed by atoms with Gasteiger partial charge in [0.2, 0.25) is 5.91 Å². The third-order valence-corrected chi connectivity index (χ3v) is 5.03. The van der Waals surface area contributed by atoms with Crippen molar-refractivity contribution in [3.63, 3.8) is 0 Å². The molecule has 3 aromatic rings. The predicted octanol–water partition coefficient (Wildman–Crippen LogP) is 5.13. The highest BCUT2D eigenvalue weighted by molar-refractivity contribution is 6.35. The van der Waals surface area contributed by atoms with Crippen molar-refractivity contribution >= 4 is 52.3 Å². The minimum Gasteiger partial charge on any atom is -0.349 e. The predicted molar refractivity (Wildman–Crippen MR) is 128 cm³/mol. The van der Waals surface area contributed by atoms with E-state index in [1.54, 1.807) is 68.7 Å². The van der Waals surface area contributed by atoms with Crippen molar-refractivity contribution in [3.8, 4) is 0 Å². The highest BCUT2D eigenvalue weighted by Crippen LogP contribution is 2.20. The monoisotopic (exact) mass is 469 g/mol. The van der Waals surface area contributed by atoms with E-state index in [1.807, 2.05) is 0 Å². The quantitative estimate of drug-likeness (QED) is 0.525. The number of carbonyl (C=O) groups excluding carboxylic acids is 3. The lowest BCUT2D eigenvalue weighted by molar-refractivity contribution is -0.127. The molecule has 164 valence electrons. The lowest BCUT2D eigenvalue weighted by Gasteiger charge is -2.11. The molecular weight excluding hydrogens is 449 g/mol. The zero-order chi connectivity index (χ0) is 23.3. The summed E-state index contributed by atoms with van der Waals surface area (Å²) in [6.45, 7) is 0. The molecule has 3 amide bonds. The van der Waals surface area contributed by atoms with Crippen LogP contribution in [0.1, 0.15) is 26.3 Å². The van der Waals surface area contributed by atoms with Gasteiger partial charge >= 0.3 is 0 Å². The fraction of sp³-hybridized carbons (Fsp3) is 0.125. The Balaban J connectivity index is 1.60. The van der Waals surface area contributed by atoms with E-state index >= 15 is 0 Å². The van der Waals surface area contributed by atoms with E-state index in [-0.39, 0.29) is 17.7 Å². The normalized spacial score (nSPS) is 10.4. The summed E-state index contributed by atoms with van der Waals surface area (Å²) in [6.07, 6.45) is 0.301. The maximum atomic E-state index is 12.5. The van der Waals surface area contributed by atoms with Gasteiger partial charge in [0, 0.05) is 46.6 Å². The summed E-state index contributed by atoms with van der Waals surface area (Å²) in [5.74, 6) is -0.645. The van der Waals surface area contributed by atoms with Crippen LogP contribution in [-0.2, 0) is 11.2 Å². The molecule has 8 heteroatoms. The molecule has 0 spiro atoms. The zero-order valence-electron chi connectivity index (χ0n) is 17.5. The summed E-state index contributed by atoms with van der Waals surface area (Å²) >= 11 is 11.9. The molecule has 0 aliphatic heterocycles. The molecule has 0 aliphatic rings. The van der Waals surface area contributed by atoms with Crippen molar-refractivity contribution in [2.24, 2.45) is 0 Å². The fourth-order valence-electron chi connectivity index (χ4n) is 2.84. The number of carbonyl (C=O) groups is 3. The highest BCUT2D eigenvalue weighted by Gasteiger charge is 2.11. The summed E-state index contributed by atoms with van der Waals surface area (Å²) in [6, 6.07) is 18.2. The maximum Gasteiger partial charge on any atom is 0.255 e. The molecule has 32 heavy (non-hydrogen) atoms. The molecule has 0 aromatic heterocycles. The first-order valence-corrected chi connectivity index (χ1v) is 10.4. The van der Waals surface area contributed by atoms with E-state index in [2.05, 4.69) is 10.6 Å². The molecule has 0 saturated heterocycles. The number of likely N-dealkylation sites (N-methyl/N-ethyl adjacent to an activating group) is 1. The number of hydrogen-bond acceptors (Lipinski definition) is 3. The Bertz CT molecular complexity index is 1120. The fourth-order valence-corrected chi connectivity index (χ4v) is 3.36. The molecule has 0 radical (unpaired) electrons. The van der Waals surface area contributed by atoms with Gasteiger partial charge in [0.1, 0.15) is 0 Å². The highest BCUT2D eigenvalue weighted by atomic mass is 35.5. The van der Waals surface area contributed by atoms with Gasteiger partial charge in [0.15, 0.2) is 0 Å². The second-order valence-corrected chi connectivity index (χ2v) is 8.18. The van der Waals surface area contributed by atoms with Crippen LogP contribution in [0.3, 0.4) is 0 Å². The molecule has 3 rings (SSSR count). The van der Waals surface area contributed by atoms with Gasteiger partial charge in [-0.3, -0.25) is 14.4 Å². The number of rotatable bonds is 6. The molecule has 3 aromatic carbocycles. The van der Waals surface area contributed by atoms with Crippen molar-refractivity contribution in [2.45, 2.75) is 6.42 Å². The summed E-state index contributed by atoms with van der Waals surface area (Å²) < 4.78 is 0. The van der Waals surface area contributed by atoms with Crippen molar-refractivity contribution in [1.29, 1.82) is 0 Å². The second-order valence-electron chi connectivity index (χ2n) is 7.31. The lowest BCUT2D eigenvalue weighted by atomic mass is 10.1. The molecule has 0 atom stereocenters. The molecule has 0 saturated carbocycles. The second kappa shape index (κ2) is 10.3. The average molecular weight is 470 g/mol. The molecule has 2 N–H and O–H groups in total. The first-order chi connectivity index (χ1) is 15.2. The Hall–Kier alpha value is -3.35. The van der Waals surface area contributed by atoms with Gasteiger partial charge < -0.3 is 15.5 Å². The van der Waals surface area contributed by atoms with E-state index in [1.165, 1.54) is 17.0 Å². The van der Waals surface area contributed by atoms with Crippen molar-refractivity contribution < 1.29 is 14.4 Å². The zero-order valence-corrected chi connectivity index (χ0v) is 19.0. The Labute approximate surface area is 196 Å². The van der Waals surface area contributed by atoms with Crippen LogP contribution in [0.25, 0.3) is 0 Å². The molecular formula is C24H21Cl2N3O3. The number of amides is 3. The molecule has 0 heterocycles. The van der Waals surface area contributed by atoms with Crippen LogP contribution in [0.15, 0.2) is 66.7 Å². The van der Waals surface area contributed by atoms with Crippen LogP contribution in [0, 0.1) is 0 Å². The van der Waals surface area contributed by atoms with Crippen LogP contribution >= 0.6 is 23.2 Å². The molecule has 0 aliphatic carbocycles. The molecule has 6 nitrogen and oxygen atoms in total. The van der Waals surface area contributed by atoms with E-state index in [0.717, 1.165) is 5.56 Å². The van der Waals surface area contributed by atoms with Gasteiger partial charge in [-0.05, 0) is 60.2 Å². The van der Waals surface area contributed by atoms with E-state index in [4.69, 9.17) is 23.2 Å². The largest absolute Gasteiger partial charge is 0.349 e. The minimum absolute atomic E-state index is 0.00688. The minimum atomic E-state index is -0.362. The topological polar surface area (TPSA) is 78.5 Å². The number of halogens is 2. The first-order valence-electron chi connectivity index (χ1n) is 9.69. The Kier molecular flexibility index (Phi) is 7.51. The van der Waals surface area contributed by atoms with Crippen LogP contribution < -0.4 is 10.6 Å². The van der Waals surface area contributed by atoms with Gasteiger partial charge in [0.25, 0.3) is 11.8 Å². The third-order valence-electron chi connectivity index (χ3n) is 4.60. The molecule has 0 bridgehead atoms. The SMILES string of the molecule is CN(C)C(=O)Cc1ccc(NC(=O)c2ccc(NC(=O)c3cc(Cl)cc(Cl)c3)cc2)cc1. The van der Waals surface area contributed by atoms with Crippen molar-refractivity contribution in [2.75, 3.05) is 24.7 Å². The van der Waals surface area contributed by atoms with Gasteiger partial charge in [-0.25, -0.2) is 0 Å². The Morgan fingerprint density at radius 3 is 1.69 bits per heavy atom. The number of hydrogen-bond donors (Lipinski definition) is 2. The number of nitrogens with zero attached hydrogens (tertiary/aromatic N) is 1. The van der Waals surface area contributed by atoms with Crippen LogP contribution in [0.5, 0.6) is 0 Å². The van der Waals surface area contributed by atoms with E-state index in [0.29, 0.717) is 39.0 Å². The van der Waals surface area contributed by atoms with Gasteiger partial charge in [-0.1, -0.05) is 35.3 Å². The molecule has 0 unspecified atom stereocenters. The van der Waals surface area contributed by atoms with Crippen LogP contribution in [0.2, 0.25) is 10.0 Å². The summed E-state index contributed by atoms with van der Waals surface area (Å²) in [4.78, 5) is 38.2. The smallest absolute Gasteiger partial charge is 0.255 e. The third kappa shape index (κ3) is 6.33.